The standard InChI is InChI=1S/C29H22N2O3/c1-32-25-13-8-21(9-14-25)4-6-23-10-15-26(30-19-23)27-16-11-24(20-31-27)7-5-22-12-17-28(33-2)29(18-22)34-3/h8-20H,1-3H3. The van der Waals surface area contributed by atoms with Crippen molar-refractivity contribution in [2.75, 3.05) is 21.3 Å². The van der Waals surface area contributed by atoms with E-state index in [4.69, 9.17) is 14.2 Å². The third-order valence-corrected chi connectivity index (χ3v) is 4.97. The highest BCUT2D eigenvalue weighted by Crippen LogP contribution is 2.27. The van der Waals surface area contributed by atoms with E-state index < -0.39 is 0 Å². The van der Waals surface area contributed by atoms with Crippen LogP contribution in [-0.2, 0) is 0 Å². The van der Waals surface area contributed by atoms with Crippen LogP contribution in [0.15, 0.2) is 79.1 Å². The Morgan fingerprint density at radius 1 is 0.500 bits per heavy atom. The summed E-state index contributed by atoms with van der Waals surface area (Å²) >= 11 is 0. The van der Waals surface area contributed by atoms with E-state index in [0.29, 0.717) is 11.5 Å². The van der Waals surface area contributed by atoms with Crippen molar-refractivity contribution in [3.8, 4) is 52.3 Å². The number of ether oxygens (including phenoxy) is 3. The number of pyridine rings is 2. The predicted molar refractivity (Wildman–Crippen MR) is 132 cm³/mol. The van der Waals surface area contributed by atoms with Crippen molar-refractivity contribution in [3.05, 3.63) is 101 Å². The van der Waals surface area contributed by atoms with E-state index >= 15 is 0 Å². The molecular weight excluding hydrogens is 424 g/mol. The monoisotopic (exact) mass is 446 g/mol. The summed E-state index contributed by atoms with van der Waals surface area (Å²) in [5.74, 6) is 14.6. The molecular formula is C29H22N2O3. The first-order chi connectivity index (χ1) is 16.7. The third kappa shape index (κ3) is 5.54. The zero-order valence-corrected chi connectivity index (χ0v) is 19.1. The number of hydrogen-bond acceptors (Lipinski definition) is 5. The van der Waals surface area contributed by atoms with Gasteiger partial charge in [0.2, 0.25) is 0 Å². The molecule has 2 aromatic heterocycles. The molecule has 0 spiro atoms. The molecule has 2 heterocycles. The molecule has 0 aliphatic rings. The second kappa shape index (κ2) is 10.7. The number of hydrogen-bond donors (Lipinski definition) is 0. The van der Waals surface area contributed by atoms with Crippen LogP contribution in [0.2, 0.25) is 0 Å². The number of aromatic nitrogens is 2. The maximum Gasteiger partial charge on any atom is 0.161 e. The highest BCUT2D eigenvalue weighted by molar-refractivity contribution is 5.57. The molecule has 0 radical (unpaired) electrons. The van der Waals surface area contributed by atoms with Crippen LogP contribution in [-0.4, -0.2) is 31.3 Å². The average molecular weight is 447 g/mol. The fraction of sp³-hybridized carbons (Fsp3) is 0.103. The summed E-state index contributed by atoms with van der Waals surface area (Å²) < 4.78 is 15.7. The van der Waals surface area contributed by atoms with Gasteiger partial charge in [0.1, 0.15) is 5.75 Å². The lowest BCUT2D eigenvalue weighted by Gasteiger charge is -2.06. The van der Waals surface area contributed by atoms with E-state index in [9.17, 15) is 0 Å². The number of methoxy groups -OCH3 is 3. The summed E-state index contributed by atoms with van der Waals surface area (Å²) in [6.07, 6.45) is 3.49. The predicted octanol–water partition coefficient (Wildman–Crippen LogP) is 4.97. The minimum absolute atomic E-state index is 0.644. The first kappa shape index (κ1) is 22.5. The maximum atomic E-state index is 5.32. The van der Waals surface area contributed by atoms with Crippen molar-refractivity contribution in [1.29, 1.82) is 0 Å². The van der Waals surface area contributed by atoms with Gasteiger partial charge in [-0.25, -0.2) is 0 Å². The van der Waals surface area contributed by atoms with Gasteiger partial charge in [-0.3, -0.25) is 9.97 Å². The first-order valence-electron chi connectivity index (χ1n) is 10.5. The highest BCUT2D eigenvalue weighted by atomic mass is 16.5. The Morgan fingerprint density at radius 2 is 1.00 bits per heavy atom. The van der Waals surface area contributed by atoms with Gasteiger partial charge in [-0.15, -0.1) is 0 Å². The fourth-order valence-corrected chi connectivity index (χ4v) is 3.12. The number of nitrogens with zero attached hydrogens (tertiary/aromatic N) is 2. The molecule has 5 heteroatoms. The summed E-state index contributed by atoms with van der Waals surface area (Å²) in [5.41, 5.74) is 4.92. The van der Waals surface area contributed by atoms with Gasteiger partial charge in [-0.05, 0) is 66.7 Å². The summed E-state index contributed by atoms with van der Waals surface area (Å²) in [4.78, 5) is 9.00. The minimum Gasteiger partial charge on any atom is -0.497 e. The Morgan fingerprint density at radius 3 is 1.50 bits per heavy atom. The lowest BCUT2D eigenvalue weighted by molar-refractivity contribution is 0.355. The van der Waals surface area contributed by atoms with E-state index in [2.05, 4.69) is 33.6 Å². The maximum absolute atomic E-state index is 5.32. The van der Waals surface area contributed by atoms with Crippen molar-refractivity contribution < 1.29 is 14.2 Å². The largest absolute Gasteiger partial charge is 0.497 e. The van der Waals surface area contributed by atoms with Crippen LogP contribution in [0.4, 0.5) is 0 Å². The van der Waals surface area contributed by atoms with Crippen molar-refractivity contribution in [2.24, 2.45) is 0 Å². The molecule has 0 amide bonds. The van der Waals surface area contributed by atoms with Crippen molar-refractivity contribution in [1.82, 2.24) is 9.97 Å². The molecule has 34 heavy (non-hydrogen) atoms. The molecule has 0 aliphatic carbocycles. The molecule has 0 N–H and O–H groups in total. The molecule has 0 saturated heterocycles. The van der Waals surface area contributed by atoms with Crippen LogP contribution in [0.25, 0.3) is 11.4 Å². The highest BCUT2D eigenvalue weighted by Gasteiger charge is 2.03. The Hall–Kier alpha value is -4.74. The van der Waals surface area contributed by atoms with E-state index in [1.54, 1.807) is 33.7 Å². The van der Waals surface area contributed by atoms with E-state index in [-0.39, 0.29) is 0 Å². The SMILES string of the molecule is COc1ccc(C#Cc2ccc(-c3ccc(C#Cc4ccc(OC)c(OC)c4)cn3)nc2)cc1. The second-order valence-electron chi connectivity index (χ2n) is 7.16. The van der Waals surface area contributed by atoms with Gasteiger partial charge in [0.15, 0.2) is 11.5 Å². The van der Waals surface area contributed by atoms with Crippen LogP contribution in [0, 0.1) is 23.7 Å². The molecule has 166 valence electrons. The zero-order valence-electron chi connectivity index (χ0n) is 19.1. The van der Waals surface area contributed by atoms with E-state index in [1.165, 1.54) is 0 Å². The summed E-state index contributed by atoms with van der Waals surface area (Å²) in [5, 5.41) is 0. The molecule has 4 rings (SSSR count). The Kier molecular flexibility index (Phi) is 7.08. The van der Waals surface area contributed by atoms with Gasteiger partial charge in [0.05, 0.1) is 32.7 Å². The van der Waals surface area contributed by atoms with Crippen molar-refractivity contribution >= 4 is 0 Å². The van der Waals surface area contributed by atoms with Crippen LogP contribution in [0.3, 0.4) is 0 Å². The molecule has 0 atom stereocenters. The normalized spacial score (nSPS) is 9.74. The molecule has 0 fully saturated rings. The van der Waals surface area contributed by atoms with Crippen molar-refractivity contribution in [2.45, 2.75) is 0 Å². The van der Waals surface area contributed by atoms with Gasteiger partial charge in [-0.1, -0.05) is 23.7 Å². The van der Waals surface area contributed by atoms with Gasteiger partial charge in [-0.2, -0.15) is 0 Å². The molecule has 2 aromatic carbocycles. The number of rotatable bonds is 4. The lowest BCUT2D eigenvalue weighted by Crippen LogP contribution is -1.91. The zero-order chi connectivity index (χ0) is 23.8. The third-order valence-electron chi connectivity index (χ3n) is 4.97. The van der Waals surface area contributed by atoms with Crippen LogP contribution >= 0.6 is 0 Å². The van der Waals surface area contributed by atoms with E-state index in [1.807, 2.05) is 66.7 Å². The lowest BCUT2D eigenvalue weighted by atomic mass is 10.1. The van der Waals surface area contributed by atoms with Gasteiger partial charge in [0, 0.05) is 34.6 Å². The topological polar surface area (TPSA) is 53.5 Å². The minimum atomic E-state index is 0.644. The Balaban J connectivity index is 1.44. The van der Waals surface area contributed by atoms with Gasteiger partial charge < -0.3 is 14.2 Å². The Labute approximate surface area is 199 Å². The number of benzene rings is 2. The smallest absolute Gasteiger partial charge is 0.161 e. The van der Waals surface area contributed by atoms with Gasteiger partial charge >= 0.3 is 0 Å². The molecule has 0 unspecified atom stereocenters. The summed E-state index contributed by atoms with van der Waals surface area (Å²) in [7, 11) is 4.85. The summed E-state index contributed by atoms with van der Waals surface area (Å²) in [6, 6.07) is 20.9. The molecule has 0 saturated carbocycles. The molecule has 0 aliphatic heterocycles. The molecule has 4 aromatic rings. The van der Waals surface area contributed by atoms with Crippen LogP contribution in [0.1, 0.15) is 22.3 Å². The van der Waals surface area contributed by atoms with Crippen molar-refractivity contribution in [3.63, 3.8) is 0 Å². The first-order valence-corrected chi connectivity index (χ1v) is 10.5. The molecule has 5 nitrogen and oxygen atoms in total. The quantitative estimate of drug-likeness (QED) is 0.415. The van der Waals surface area contributed by atoms with Gasteiger partial charge in [0.25, 0.3) is 0 Å². The Bertz CT molecular complexity index is 1390. The van der Waals surface area contributed by atoms with Crippen LogP contribution in [0.5, 0.6) is 17.2 Å². The fourth-order valence-electron chi connectivity index (χ4n) is 3.12. The average Bonchev–Trinajstić information content (AvgIpc) is 2.91. The summed E-state index contributed by atoms with van der Waals surface area (Å²) in [6.45, 7) is 0. The second-order valence-corrected chi connectivity index (χ2v) is 7.16. The molecule has 0 bridgehead atoms. The van der Waals surface area contributed by atoms with Crippen LogP contribution < -0.4 is 14.2 Å². The van der Waals surface area contributed by atoms with E-state index in [0.717, 1.165) is 39.4 Å².